The summed E-state index contributed by atoms with van der Waals surface area (Å²) in [6.45, 7) is 0.582. The van der Waals surface area contributed by atoms with Crippen LogP contribution >= 0.6 is 0 Å². The van der Waals surface area contributed by atoms with Gasteiger partial charge in [0, 0.05) is 12.5 Å². The lowest BCUT2D eigenvalue weighted by molar-refractivity contribution is -0.123. The van der Waals surface area contributed by atoms with Crippen LogP contribution in [0.1, 0.15) is 57.8 Å². The molecule has 0 aliphatic heterocycles. The number of amides is 1. The van der Waals surface area contributed by atoms with Crippen LogP contribution in [0.25, 0.3) is 0 Å². The van der Waals surface area contributed by atoms with Gasteiger partial charge in [0.15, 0.2) is 0 Å². The molecule has 4 N–H and O–H groups in total. The van der Waals surface area contributed by atoms with Gasteiger partial charge in [-0.2, -0.15) is 0 Å². The van der Waals surface area contributed by atoms with E-state index in [-0.39, 0.29) is 24.0 Å². The Bertz CT molecular complexity index is 290. The monoisotopic (exact) mass is 268 g/mol. The second-order valence-electron chi connectivity index (χ2n) is 6.35. The number of hydrogen-bond donors (Lipinski definition) is 3. The molecule has 1 amide bonds. The van der Waals surface area contributed by atoms with E-state index in [4.69, 9.17) is 5.73 Å². The lowest BCUT2D eigenvalue weighted by Crippen LogP contribution is -2.44. The van der Waals surface area contributed by atoms with E-state index in [2.05, 4.69) is 5.32 Å². The Morgan fingerprint density at radius 3 is 2.53 bits per heavy atom. The second kappa shape index (κ2) is 7.25. The molecule has 4 heteroatoms. The van der Waals surface area contributed by atoms with Crippen LogP contribution in [0.3, 0.4) is 0 Å². The van der Waals surface area contributed by atoms with E-state index in [1.54, 1.807) is 0 Å². The molecule has 0 saturated heterocycles. The summed E-state index contributed by atoms with van der Waals surface area (Å²) in [5.74, 6) is 0.821. The predicted octanol–water partition coefficient (Wildman–Crippen LogP) is 1.56. The minimum atomic E-state index is -0.373. The van der Waals surface area contributed by atoms with Crippen LogP contribution in [-0.4, -0.2) is 29.7 Å². The highest BCUT2D eigenvalue weighted by molar-refractivity contribution is 5.81. The number of nitrogens with one attached hydrogen (secondary N) is 1. The molecule has 2 aliphatic carbocycles. The Morgan fingerprint density at radius 2 is 1.89 bits per heavy atom. The van der Waals surface area contributed by atoms with Gasteiger partial charge in [0.25, 0.3) is 0 Å². The third kappa shape index (κ3) is 4.46. The first-order valence-corrected chi connectivity index (χ1v) is 7.88. The van der Waals surface area contributed by atoms with Crippen molar-refractivity contribution in [2.45, 2.75) is 69.9 Å². The summed E-state index contributed by atoms with van der Waals surface area (Å²) in [5, 5.41) is 12.6. The number of rotatable bonds is 5. The predicted molar refractivity (Wildman–Crippen MR) is 75.5 cm³/mol. The Balaban J connectivity index is 1.66. The zero-order chi connectivity index (χ0) is 13.7. The van der Waals surface area contributed by atoms with Crippen molar-refractivity contribution in [3.63, 3.8) is 0 Å². The second-order valence-corrected chi connectivity index (χ2v) is 6.35. The first kappa shape index (κ1) is 14.8. The molecule has 19 heavy (non-hydrogen) atoms. The average Bonchev–Trinajstić information content (AvgIpc) is 2.82. The maximum Gasteiger partial charge on any atom is 0.236 e. The molecule has 0 heterocycles. The number of aliphatic hydroxyl groups excluding tert-OH is 1. The Labute approximate surface area is 116 Å². The largest absolute Gasteiger partial charge is 0.393 e. The summed E-state index contributed by atoms with van der Waals surface area (Å²) < 4.78 is 0. The maximum atomic E-state index is 12.0. The molecular formula is C15H28N2O2. The first-order chi connectivity index (χ1) is 9.16. The number of hydrogen-bond acceptors (Lipinski definition) is 3. The van der Waals surface area contributed by atoms with Crippen LogP contribution in [0, 0.1) is 11.8 Å². The van der Waals surface area contributed by atoms with Crippen LogP contribution < -0.4 is 11.1 Å². The summed E-state index contributed by atoms with van der Waals surface area (Å²) >= 11 is 0. The topological polar surface area (TPSA) is 75.4 Å². The van der Waals surface area contributed by atoms with Gasteiger partial charge in [0.05, 0.1) is 12.1 Å². The molecule has 0 radical (unpaired) electrons. The van der Waals surface area contributed by atoms with E-state index < -0.39 is 0 Å². The third-order valence-corrected chi connectivity index (χ3v) is 4.81. The van der Waals surface area contributed by atoms with E-state index in [9.17, 15) is 9.90 Å². The van der Waals surface area contributed by atoms with Crippen molar-refractivity contribution in [3.8, 4) is 0 Å². The van der Waals surface area contributed by atoms with Gasteiger partial charge in [-0.15, -0.1) is 0 Å². The van der Waals surface area contributed by atoms with Gasteiger partial charge in [-0.25, -0.2) is 0 Å². The highest BCUT2D eigenvalue weighted by atomic mass is 16.3. The van der Waals surface area contributed by atoms with Gasteiger partial charge in [-0.1, -0.05) is 38.5 Å². The van der Waals surface area contributed by atoms with Crippen LogP contribution in [0.2, 0.25) is 0 Å². The van der Waals surface area contributed by atoms with Crippen molar-refractivity contribution in [1.82, 2.24) is 5.32 Å². The molecule has 0 bridgehead atoms. The molecule has 0 aromatic heterocycles. The van der Waals surface area contributed by atoms with Crippen LogP contribution in [0.4, 0.5) is 0 Å². The quantitative estimate of drug-likeness (QED) is 0.708. The Kier molecular flexibility index (Phi) is 5.64. The van der Waals surface area contributed by atoms with E-state index in [0.717, 1.165) is 25.7 Å². The molecule has 0 aromatic rings. The minimum absolute atomic E-state index is 0.0373. The van der Waals surface area contributed by atoms with Gasteiger partial charge in [-0.05, 0) is 25.2 Å². The summed E-state index contributed by atoms with van der Waals surface area (Å²) in [5.41, 5.74) is 5.99. The molecule has 3 atom stereocenters. The van der Waals surface area contributed by atoms with E-state index in [1.807, 2.05) is 0 Å². The molecule has 110 valence electrons. The van der Waals surface area contributed by atoms with Crippen LogP contribution in [-0.2, 0) is 4.79 Å². The fourth-order valence-electron chi connectivity index (χ4n) is 3.51. The number of carbonyl (C=O) groups is 1. The van der Waals surface area contributed by atoms with Crippen LogP contribution in [0.15, 0.2) is 0 Å². The van der Waals surface area contributed by atoms with Gasteiger partial charge in [0.2, 0.25) is 5.91 Å². The fourth-order valence-corrected chi connectivity index (χ4v) is 3.51. The smallest absolute Gasteiger partial charge is 0.236 e. The molecule has 2 fully saturated rings. The molecule has 2 aliphatic rings. The Hall–Kier alpha value is -0.610. The van der Waals surface area contributed by atoms with Crippen molar-refractivity contribution < 1.29 is 9.90 Å². The molecular weight excluding hydrogens is 240 g/mol. The van der Waals surface area contributed by atoms with Gasteiger partial charge < -0.3 is 16.2 Å². The van der Waals surface area contributed by atoms with E-state index in [0.29, 0.717) is 12.5 Å². The normalized spacial score (nSPS) is 30.2. The van der Waals surface area contributed by atoms with Gasteiger partial charge in [-0.3, -0.25) is 4.79 Å². The lowest BCUT2D eigenvalue weighted by Gasteiger charge is -2.24. The van der Waals surface area contributed by atoms with Gasteiger partial charge >= 0.3 is 0 Å². The molecule has 0 spiro atoms. The summed E-state index contributed by atoms with van der Waals surface area (Å²) in [4.78, 5) is 12.0. The Morgan fingerprint density at radius 1 is 1.16 bits per heavy atom. The number of nitrogens with two attached hydrogens (primary N) is 1. The molecule has 2 rings (SSSR count). The number of aliphatic hydroxyl groups is 1. The van der Waals surface area contributed by atoms with Crippen molar-refractivity contribution in [1.29, 1.82) is 0 Å². The van der Waals surface area contributed by atoms with E-state index in [1.165, 1.54) is 32.1 Å². The lowest BCUT2D eigenvalue weighted by atomic mass is 9.85. The summed E-state index contributed by atoms with van der Waals surface area (Å²) in [6.07, 6.45) is 9.88. The molecule has 2 saturated carbocycles. The van der Waals surface area contributed by atoms with Crippen LogP contribution in [0.5, 0.6) is 0 Å². The molecule has 3 unspecified atom stereocenters. The highest BCUT2D eigenvalue weighted by Crippen LogP contribution is 2.27. The summed E-state index contributed by atoms with van der Waals surface area (Å²) in [6, 6.07) is -0.373. The minimum Gasteiger partial charge on any atom is -0.393 e. The van der Waals surface area contributed by atoms with Crippen molar-refractivity contribution in [2.24, 2.45) is 17.6 Å². The standard InChI is InChI=1S/C15H28N2O2/c16-13(9-11-5-2-1-3-6-11)15(19)17-10-12-7-4-8-14(12)18/h11-14,18H,1-10,16H2,(H,17,19). The first-order valence-electron chi connectivity index (χ1n) is 7.88. The number of carbonyl (C=O) groups excluding carboxylic acids is 1. The zero-order valence-corrected chi connectivity index (χ0v) is 11.8. The zero-order valence-electron chi connectivity index (χ0n) is 11.8. The maximum absolute atomic E-state index is 12.0. The fraction of sp³-hybridized carbons (Fsp3) is 0.933. The molecule has 0 aromatic carbocycles. The SMILES string of the molecule is NC(CC1CCCCC1)C(=O)NCC1CCCC1O. The van der Waals surface area contributed by atoms with E-state index >= 15 is 0 Å². The highest BCUT2D eigenvalue weighted by Gasteiger charge is 2.27. The molecule has 4 nitrogen and oxygen atoms in total. The van der Waals surface area contributed by atoms with Crippen molar-refractivity contribution >= 4 is 5.91 Å². The third-order valence-electron chi connectivity index (χ3n) is 4.81. The van der Waals surface area contributed by atoms with Crippen molar-refractivity contribution in [3.05, 3.63) is 0 Å². The van der Waals surface area contributed by atoms with Crippen molar-refractivity contribution in [2.75, 3.05) is 6.54 Å². The van der Waals surface area contributed by atoms with Gasteiger partial charge in [0.1, 0.15) is 0 Å². The summed E-state index contributed by atoms with van der Waals surface area (Å²) in [7, 11) is 0. The average molecular weight is 268 g/mol.